The van der Waals surface area contributed by atoms with Crippen LogP contribution in [0.2, 0.25) is 0 Å². The number of hydrogen-bond acceptors (Lipinski definition) is 8. The van der Waals surface area contributed by atoms with E-state index in [2.05, 4.69) is 4.98 Å². The number of anilines is 1. The second kappa shape index (κ2) is 10.7. The number of hydrogen-bond donors (Lipinski definition) is 0. The van der Waals surface area contributed by atoms with Crippen molar-refractivity contribution in [2.45, 2.75) is 26.7 Å². The van der Waals surface area contributed by atoms with E-state index in [-0.39, 0.29) is 87.2 Å². The topological polar surface area (TPSA) is 144 Å². The number of pyridine rings is 1. The van der Waals surface area contributed by atoms with Gasteiger partial charge in [0.1, 0.15) is 11.6 Å². The number of carbonyl (C=O) groups is 3. The van der Waals surface area contributed by atoms with Crippen LogP contribution in [0.5, 0.6) is 0 Å². The second-order valence-electron chi connectivity index (χ2n) is 6.53. The third-order valence-corrected chi connectivity index (χ3v) is 4.61. The number of benzene rings is 1. The van der Waals surface area contributed by atoms with Crippen LogP contribution in [0.4, 0.5) is 5.69 Å². The van der Waals surface area contributed by atoms with Gasteiger partial charge in [0, 0.05) is 31.0 Å². The van der Waals surface area contributed by atoms with Crippen LogP contribution in [0.25, 0.3) is 21.9 Å². The number of rotatable bonds is 5. The standard InChI is InChI=1S/C20H18N2O7.2Na/c1-4-5-10-17-11(6-12-15(24)8-16(20(27)28)29-18(10)12)14(22(3)9(2)23)7-13(21-17)19(25)26;;/h6-8H,4-5H2,1-3H3,(H,25,26)(H,27,28);;/q;2*+1/p-2. The fourth-order valence-electron chi connectivity index (χ4n) is 3.16. The maximum atomic E-state index is 12.5. The SMILES string of the molecule is CCCc1c2nc(C(=O)[O-])cc(N(C)C(C)=O)c2cc2c(=O)cc(C(=O)[O-])oc12.[Na+].[Na+]. The summed E-state index contributed by atoms with van der Waals surface area (Å²) >= 11 is 0. The number of aromatic carboxylic acids is 2. The Morgan fingerprint density at radius 2 is 1.71 bits per heavy atom. The van der Waals surface area contributed by atoms with Gasteiger partial charge in [0.15, 0.2) is 11.2 Å². The Labute approximate surface area is 221 Å². The molecule has 150 valence electrons. The zero-order chi connectivity index (χ0) is 21.5. The van der Waals surface area contributed by atoms with Gasteiger partial charge in [-0.25, -0.2) is 4.98 Å². The molecule has 3 aromatic rings. The number of aryl methyl sites for hydroxylation is 1. The van der Waals surface area contributed by atoms with Gasteiger partial charge >= 0.3 is 59.1 Å². The van der Waals surface area contributed by atoms with Gasteiger partial charge in [-0.05, 0) is 18.6 Å². The van der Waals surface area contributed by atoms with E-state index in [9.17, 15) is 29.4 Å². The first kappa shape index (κ1) is 27.3. The molecule has 0 aliphatic heterocycles. The smallest absolute Gasteiger partial charge is 0.543 e. The van der Waals surface area contributed by atoms with E-state index in [4.69, 9.17) is 4.42 Å². The van der Waals surface area contributed by atoms with Gasteiger partial charge in [-0.15, -0.1) is 0 Å². The molecule has 0 aliphatic rings. The molecule has 2 heterocycles. The number of nitrogens with zero attached hydrogens (tertiary/aromatic N) is 2. The second-order valence-corrected chi connectivity index (χ2v) is 6.53. The summed E-state index contributed by atoms with van der Waals surface area (Å²) in [6.07, 6.45) is 0.891. The summed E-state index contributed by atoms with van der Waals surface area (Å²) in [4.78, 5) is 52.5. The molecule has 0 atom stereocenters. The van der Waals surface area contributed by atoms with Gasteiger partial charge in [-0.2, -0.15) is 0 Å². The molecule has 0 unspecified atom stereocenters. The Morgan fingerprint density at radius 1 is 1.06 bits per heavy atom. The molecule has 0 fully saturated rings. The predicted molar refractivity (Wildman–Crippen MR) is 99.5 cm³/mol. The van der Waals surface area contributed by atoms with E-state index < -0.39 is 28.8 Å². The van der Waals surface area contributed by atoms with E-state index in [0.29, 0.717) is 23.8 Å². The minimum absolute atomic E-state index is 0. The first-order chi connectivity index (χ1) is 13.6. The zero-order valence-electron chi connectivity index (χ0n) is 17.9. The van der Waals surface area contributed by atoms with Crippen molar-refractivity contribution < 1.29 is 88.1 Å². The summed E-state index contributed by atoms with van der Waals surface area (Å²) < 4.78 is 5.40. The van der Waals surface area contributed by atoms with Crippen molar-refractivity contribution in [2.75, 3.05) is 11.9 Å². The molecule has 31 heavy (non-hydrogen) atoms. The van der Waals surface area contributed by atoms with E-state index in [1.165, 1.54) is 31.0 Å². The van der Waals surface area contributed by atoms with E-state index in [1.807, 2.05) is 6.92 Å². The van der Waals surface area contributed by atoms with Gasteiger partial charge in [0.2, 0.25) is 5.91 Å². The van der Waals surface area contributed by atoms with Gasteiger partial charge in [0.25, 0.3) is 0 Å². The van der Waals surface area contributed by atoms with Crippen molar-refractivity contribution in [3.63, 3.8) is 0 Å². The molecule has 11 heteroatoms. The Balaban J connectivity index is 0.00000240. The summed E-state index contributed by atoms with van der Waals surface area (Å²) in [5.41, 5.74) is -0.250. The molecule has 1 amide bonds. The third kappa shape index (κ3) is 5.19. The number of fused-ring (bicyclic) bond motifs is 2. The molecule has 3 rings (SSSR count). The van der Waals surface area contributed by atoms with Crippen LogP contribution < -0.4 is 79.7 Å². The molecule has 0 N–H and O–H groups in total. The molecule has 0 saturated heterocycles. The van der Waals surface area contributed by atoms with Gasteiger partial charge in [-0.3, -0.25) is 9.59 Å². The summed E-state index contributed by atoms with van der Waals surface area (Å²) in [6, 6.07) is 3.42. The molecule has 2 aromatic heterocycles. The van der Waals surface area contributed by atoms with Crippen molar-refractivity contribution in [3.8, 4) is 0 Å². The molecule has 0 spiro atoms. The van der Waals surface area contributed by atoms with E-state index in [0.717, 1.165) is 6.07 Å². The fourth-order valence-corrected chi connectivity index (χ4v) is 3.16. The van der Waals surface area contributed by atoms with Crippen LogP contribution in [-0.4, -0.2) is 29.9 Å². The molecular formula is C20H16N2Na2O7. The first-order valence-electron chi connectivity index (χ1n) is 8.77. The summed E-state index contributed by atoms with van der Waals surface area (Å²) in [7, 11) is 1.46. The van der Waals surface area contributed by atoms with E-state index in [1.54, 1.807) is 0 Å². The Kier molecular flexibility index (Phi) is 9.43. The van der Waals surface area contributed by atoms with Crippen LogP contribution in [0.15, 0.2) is 27.4 Å². The van der Waals surface area contributed by atoms with Crippen LogP contribution in [0.3, 0.4) is 0 Å². The minimum Gasteiger partial charge on any atom is -0.543 e. The number of amides is 1. The first-order valence-corrected chi connectivity index (χ1v) is 8.77. The summed E-state index contributed by atoms with van der Waals surface area (Å²) in [5.74, 6) is -4.20. The molecule has 0 aliphatic carbocycles. The molecule has 0 bridgehead atoms. The quantitative estimate of drug-likeness (QED) is 0.281. The van der Waals surface area contributed by atoms with Crippen LogP contribution in [-0.2, 0) is 11.2 Å². The van der Waals surface area contributed by atoms with Crippen molar-refractivity contribution >= 4 is 45.4 Å². The number of aromatic nitrogens is 1. The zero-order valence-corrected chi connectivity index (χ0v) is 21.9. The minimum atomic E-state index is -1.65. The third-order valence-electron chi connectivity index (χ3n) is 4.61. The Morgan fingerprint density at radius 3 is 2.23 bits per heavy atom. The van der Waals surface area contributed by atoms with E-state index >= 15 is 0 Å². The van der Waals surface area contributed by atoms with Crippen LogP contribution in [0.1, 0.15) is 46.9 Å². The van der Waals surface area contributed by atoms with Crippen molar-refractivity contribution in [3.05, 3.63) is 45.4 Å². The van der Waals surface area contributed by atoms with Crippen molar-refractivity contribution in [1.29, 1.82) is 0 Å². The normalized spacial score (nSPS) is 10.3. The van der Waals surface area contributed by atoms with Crippen molar-refractivity contribution in [1.82, 2.24) is 4.98 Å². The maximum absolute atomic E-state index is 12.5. The van der Waals surface area contributed by atoms with Gasteiger partial charge in [0.05, 0.1) is 28.3 Å². The monoisotopic (exact) mass is 442 g/mol. The Hall–Kier alpha value is -1.75. The van der Waals surface area contributed by atoms with Gasteiger partial charge in [-0.1, -0.05) is 13.3 Å². The summed E-state index contributed by atoms with van der Waals surface area (Å²) in [6.45, 7) is 3.15. The fraction of sp³-hybridized carbons (Fsp3) is 0.250. The van der Waals surface area contributed by atoms with Crippen molar-refractivity contribution in [2.24, 2.45) is 0 Å². The van der Waals surface area contributed by atoms with Crippen LogP contribution in [0, 0.1) is 0 Å². The van der Waals surface area contributed by atoms with Gasteiger partial charge < -0.3 is 29.1 Å². The predicted octanol–water partition coefficient (Wildman–Crippen LogP) is -5.99. The number of carboxylic acids is 2. The Bertz CT molecular complexity index is 1250. The largest absolute Gasteiger partial charge is 1.00 e. The molecule has 1 aromatic carbocycles. The molecule has 0 saturated carbocycles. The molecule has 9 nitrogen and oxygen atoms in total. The van der Waals surface area contributed by atoms with Crippen LogP contribution >= 0.6 is 0 Å². The molecular weight excluding hydrogens is 426 g/mol. The average molecular weight is 442 g/mol. The summed E-state index contributed by atoms with van der Waals surface area (Å²) in [5, 5.41) is 23.1. The number of carbonyl (C=O) groups excluding carboxylic acids is 3. The number of carboxylic acid groups (broad SMARTS) is 2. The molecule has 0 radical (unpaired) electrons. The average Bonchev–Trinajstić information content (AvgIpc) is 2.66. The maximum Gasteiger partial charge on any atom is 1.00 e.